The summed E-state index contributed by atoms with van der Waals surface area (Å²) in [5.74, 6) is 0.679. The van der Waals surface area contributed by atoms with E-state index in [9.17, 15) is 4.79 Å². The van der Waals surface area contributed by atoms with Gasteiger partial charge >= 0.3 is 0 Å². The van der Waals surface area contributed by atoms with Gasteiger partial charge in [0.1, 0.15) is 17.1 Å². The van der Waals surface area contributed by atoms with E-state index in [2.05, 4.69) is 46.7 Å². The Kier molecular flexibility index (Phi) is 7.97. The molecule has 0 bridgehead atoms. The van der Waals surface area contributed by atoms with Crippen LogP contribution in [-0.2, 0) is 16.6 Å². The summed E-state index contributed by atoms with van der Waals surface area (Å²) < 4.78 is 8.37. The van der Waals surface area contributed by atoms with E-state index in [1.165, 1.54) is 0 Å². The van der Waals surface area contributed by atoms with Gasteiger partial charge in [-0.15, -0.1) is 0 Å². The Morgan fingerprint density at radius 3 is 2.47 bits per heavy atom. The van der Waals surface area contributed by atoms with Crippen molar-refractivity contribution in [3.63, 3.8) is 0 Å². The van der Waals surface area contributed by atoms with Crippen LogP contribution in [0.15, 0.2) is 36.5 Å². The summed E-state index contributed by atoms with van der Waals surface area (Å²) in [6, 6.07) is 10.2. The standard InChI is InChI=1S/C16H18ClN5S.C5H10O2/c1-10(2)22(23)13-7-5-4-6-12(13)18-14-11-8-9-21(3)15(11)20-16(17)19-14;1-5(2,3)7-4-6/h4-10,23H,1-3H3,(H,18,19,20);4H,1-3H3. The van der Waals surface area contributed by atoms with E-state index in [1.807, 2.05) is 73.2 Å². The number of ether oxygens (including phenoxy) is 1. The number of thiol groups is 1. The van der Waals surface area contributed by atoms with E-state index in [1.54, 1.807) is 0 Å². The third kappa shape index (κ3) is 6.27. The Bertz CT molecular complexity index is 1000. The van der Waals surface area contributed by atoms with Crippen LogP contribution >= 0.6 is 24.4 Å². The zero-order chi connectivity index (χ0) is 22.5. The molecule has 0 aliphatic heterocycles. The van der Waals surface area contributed by atoms with Crippen LogP contribution in [0.25, 0.3) is 11.0 Å². The average molecular weight is 450 g/mol. The lowest BCUT2D eigenvalue weighted by atomic mass is 10.2. The van der Waals surface area contributed by atoms with Gasteiger partial charge in [0.05, 0.1) is 16.8 Å². The van der Waals surface area contributed by atoms with E-state index in [-0.39, 0.29) is 16.9 Å². The number of hydrogen-bond acceptors (Lipinski definition) is 7. The summed E-state index contributed by atoms with van der Waals surface area (Å²) in [7, 11) is 1.93. The monoisotopic (exact) mass is 449 g/mol. The van der Waals surface area contributed by atoms with Gasteiger partial charge in [-0.25, -0.2) is 0 Å². The molecular weight excluding hydrogens is 422 g/mol. The number of nitrogens with zero attached hydrogens (tertiary/aromatic N) is 4. The lowest BCUT2D eigenvalue weighted by molar-refractivity contribution is -0.138. The Hall–Kier alpha value is -2.45. The Morgan fingerprint density at radius 2 is 1.90 bits per heavy atom. The van der Waals surface area contributed by atoms with E-state index in [0.717, 1.165) is 22.4 Å². The fourth-order valence-corrected chi connectivity index (χ4v) is 2.87. The second-order valence-electron chi connectivity index (χ2n) is 7.91. The molecule has 30 heavy (non-hydrogen) atoms. The average Bonchev–Trinajstić information content (AvgIpc) is 3.02. The van der Waals surface area contributed by atoms with Gasteiger partial charge in [-0.1, -0.05) is 24.9 Å². The molecule has 7 nitrogen and oxygen atoms in total. The number of hydrogen-bond donors (Lipinski definition) is 2. The number of rotatable bonds is 5. The lowest BCUT2D eigenvalue weighted by Crippen LogP contribution is -2.20. The van der Waals surface area contributed by atoms with Crippen molar-refractivity contribution in [1.82, 2.24) is 14.5 Å². The van der Waals surface area contributed by atoms with Crippen molar-refractivity contribution in [2.75, 3.05) is 9.62 Å². The third-order valence-corrected chi connectivity index (χ3v) is 4.84. The molecule has 1 N–H and O–H groups in total. The number of anilines is 3. The molecule has 0 saturated carbocycles. The van der Waals surface area contributed by atoms with Gasteiger partial charge in [-0.3, -0.25) is 4.79 Å². The topological polar surface area (TPSA) is 72.3 Å². The molecular formula is C21H28ClN5O2S. The quantitative estimate of drug-likeness (QED) is 0.309. The molecule has 0 fully saturated rings. The van der Waals surface area contributed by atoms with Gasteiger partial charge < -0.3 is 18.9 Å². The first kappa shape index (κ1) is 23.8. The maximum absolute atomic E-state index is 9.60. The van der Waals surface area contributed by atoms with Gasteiger partial charge in [0.25, 0.3) is 6.47 Å². The van der Waals surface area contributed by atoms with Crippen molar-refractivity contribution >= 4 is 59.1 Å². The van der Waals surface area contributed by atoms with Crippen LogP contribution in [0.1, 0.15) is 34.6 Å². The molecule has 0 aliphatic carbocycles. The number of benzene rings is 1. The van der Waals surface area contributed by atoms with Crippen LogP contribution in [0, 0.1) is 0 Å². The van der Waals surface area contributed by atoms with Crippen LogP contribution in [-0.4, -0.2) is 32.7 Å². The van der Waals surface area contributed by atoms with Crippen LogP contribution < -0.4 is 9.62 Å². The molecule has 0 saturated heterocycles. The summed E-state index contributed by atoms with van der Waals surface area (Å²) in [5, 5.41) is 4.50. The number of carbonyl (C=O) groups excluding carboxylic acids is 1. The maximum atomic E-state index is 9.60. The Morgan fingerprint density at radius 1 is 1.23 bits per heavy atom. The number of aromatic nitrogens is 3. The van der Waals surface area contributed by atoms with Crippen molar-refractivity contribution < 1.29 is 9.53 Å². The molecule has 1 aromatic carbocycles. The number of aryl methyl sites for hydroxylation is 1. The van der Waals surface area contributed by atoms with Crippen molar-refractivity contribution in [2.24, 2.45) is 7.05 Å². The molecule has 3 aromatic rings. The number of para-hydroxylation sites is 2. The highest BCUT2D eigenvalue weighted by Crippen LogP contribution is 2.33. The summed E-state index contributed by atoms with van der Waals surface area (Å²) >= 11 is 10.6. The highest BCUT2D eigenvalue weighted by atomic mass is 35.5. The maximum Gasteiger partial charge on any atom is 0.293 e. The first-order valence-electron chi connectivity index (χ1n) is 9.47. The summed E-state index contributed by atoms with van der Waals surface area (Å²) in [5.41, 5.74) is 2.36. The number of halogens is 1. The minimum atomic E-state index is -0.318. The molecule has 3 rings (SSSR count). The van der Waals surface area contributed by atoms with Gasteiger partial charge in [0.15, 0.2) is 0 Å². The van der Waals surface area contributed by atoms with Crippen molar-refractivity contribution in [3.05, 3.63) is 41.8 Å². The number of nitrogens with one attached hydrogen (secondary N) is 1. The van der Waals surface area contributed by atoms with Gasteiger partial charge in [-0.05, 0) is 64.4 Å². The van der Waals surface area contributed by atoms with E-state index in [0.29, 0.717) is 12.3 Å². The first-order valence-corrected chi connectivity index (χ1v) is 10.3. The zero-order valence-corrected chi connectivity index (χ0v) is 19.7. The number of carbonyl (C=O) groups is 1. The fourth-order valence-electron chi connectivity index (χ4n) is 2.53. The Labute approximate surface area is 187 Å². The number of fused-ring (bicyclic) bond motifs is 1. The molecule has 0 amide bonds. The SMILES string of the molecule is CC(C)(C)OC=O.CC(C)N(S)c1ccccc1Nc1nc(Cl)nc2c1ccn2C. The highest BCUT2D eigenvalue weighted by Gasteiger charge is 2.14. The fraction of sp³-hybridized carbons (Fsp3) is 0.381. The van der Waals surface area contributed by atoms with Gasteiger partial charge in [0, 0.05) is 19.3 Å². The van der Waals surface area contributed by atoms with Crippen LogP contribution in [0.2, 0.25) is 5.28 Å². The molecule has 0 spiro atoms. The minimum absolute atomic E-state index is 0.214. The summed E-state index contributed by atoms with van der Waals surface area (Å²) in [4.78, 5) is 18.2. The summed E-state index contributed by atoms with van der Waals surface area (Å²) in [6.45, 7) is 10.1. The smallest absolute Gasteiger partial charge is 0.293 e. The first-order chi connectivity index (χ1) is 14.0. The second-order valence-corrected chi connectivity index (χ2v) is 8.68. The molecule has 2 heterocycles. The Balaban J connectivity index is 0.000000396. The molecule has 0 aliphatic rings. The zero-order valence-electron chi connectivity index (χ0n) is 18.0. The third-order valence-electron chi connectivity index (χ3n) is 3.99. The van der Waals surface area contributed by atoms with Crippen molar-refractivity contribution in [1.29, 1.82) is 0 Å². The predicted molar refractivity (Wildman–Crippen MR) is 127 cm³/mol. The van der Waals surface area contributed by atoms with Crippen molar-refractivity contribution in [2.45, 2.75) is 46.3 Å². The molecule has 2 aromatic heterocycles. The van der Waals surface area contributed by atoms with E-state index in [4.69, 9.17) is 11.6 Å². The van der Waals surface area contributed by atoms with Crippen LogP contribution in [0.4, 0.5) is 17.2 Å². The van der Waals surface area contributed by atoms with Gasteiger partial charge in [0.2, 0.25) is 5.28 Å². The molecule has 162 valence electrons. The minimum Gasteiger partial charge on any atom is -0.462 e. The van der Waals surface area contributed by atoms with Crippen LogP contribution in [0.3, 0.4) is 0 Å². The van der Waals surface area contributed by atoms with Crippen LogP contribution in [0.5, 0.6) is 0 Å². The summed E-state index contributed by atoms with van der Waals surface area (Å²) in [6.07, 6.45) is 1.94. The normalized spacial score (nSPS) is 11.1. The van der Waals surface area contributed by atoms with Gasteiger partial charge in [-0.2, -0.15) is 9.97 Å². The second kappa shape index (κ2) is 10.0. The predicted octanol–water partition coefficient (Wildman–Crippen LogP) is 5.38. The van der Waals surface area contributed by atoms with E-state index >= 15 is 0 Å². The molecule has 0 atom stereocenters. The lowest BCUT2D eigenvalue weighted by Gasteiger charge is -2.25. The van der Waals surface area contributed by atoms with Crippen molar-refractivity contribution in [3.8, 4) is 0 Å². The molecule has 9 heteroatoms. The van der Waals surface area contributed by atoms with E-state index < -0.39 is 0 Å². The highest BCUT2D eigenvalue weighted by molar-refractivity contribution is 7.81. The largest absolute Gasteiger partial charge is 0.462 e. The molecule has 0 radical (unpaired) electrons. The molecule has 0 unspecified atom stereocenters.